The molecule has 138 valence electrons. The Morgan fingerprint density at radius 2 is 2.07 bits per heavy atom. The first kappa shape index (κ1) is 17.4. The topological polar surface area (TPSA) is 93.8 Å². The monoisotopic (exact) mass is 382 g/mol. The molecule has 0 unspecified atom stereocenters. The summed E-state index contributed by atoms with van der Waals surface area (Å²) in [4.78, 5) is 32.3. The van der Waals surface area contributed by atoms with E-state index in [2.05, 4.69) is 15.1 Å². The van der Waals surface area contributed by atoms with E-state index < -0.39 is 11.1 Å². The maximum Gasteiger partial charge on any atom is 0.316 e. The second-order valence-corrected chi connectivity index (χ2v) is 7.77. The summed E-state index contributed by atoms with van der Waals surface area (Å²) in [6.45, 7) is 6.47. The van der Waals surface area contributed by atoms with Gasteiger partial charge in [0.15, 0.2) is 0 Å². The summed E-state index contributed by atoms with van der Waals surface area (Å²) in [5.41, 5.74) is 1.85. The van der Waals surface area contributed by atoms with Crippen LogP contribution >= 0.6 is 11.3 Å². The second kappa shape index (κ2) is 6.62. The van der Waals surface area contributed by atoms with Crippen molar-refractivity contribution < 1.29 is 4.52 Å². The molecule has 1 aromatic carbocycles. The Hall–Kier alpha value is -3.00. The highest BCUT2D eigenvalue weighted by atomic mass is 32.1. The summed E-state index contributed by atoms with van der Waals surface area (Å²) in [5.74, 6) is 1.14. The van der Waals surface area contributed by atoms with Crippen LogP contribution in [0.5, 0.6) is 0 Å². The second-order valence-electron chi connectivity index (χ2n) is 6.85. The molecule has 0 fully saturated rings. The van der Waals surface area contributed by atoms with Gasteiger partial charge in [-0.3, -0.25) is 9.59 Å². The van der Waals surface area contributed by atoms with Crippen LogP contribution in [0.4, 0.5) is 0 Å². The Morgan fingerprint density at radius 3 is 2.78 bits per heavy atom. The minimum Gasteiger partial charge on any atom is -0.333 e. The Morgan fingerprint density at radius 1 is 1.26 bits per heavy atom. The third-order valence-corrected chi connectivity index (χ3v) is 5.27. The number of rotatable bonds is 4. The van der Waals surface area contributed by atoms with Crippen molar-refractivity contribution in [1.29, 1.82) is 0 Å². The van der Waals surface area contributed by atoms with Crippen LogP contribution in [0.15, 0.2) is 43.8 Å². The minimum absolute atomic E-state index is 0.237. The highest BCUT2D eigenvalue weighted by Crippen LogP contribution is 2.29. The predicted molar refractivity (Wildman–Crippen MR) is 105 cm³/mol. The van der Waals surface area contributed by atoms with Crippen molar-refractivity contribution in [3.63, 3.8) is 0 Å². The van der Waals surface area contributed by atoms with Crippen molar-refractivity contribution >= 4 is 22.4 Å². The van der Waals surface area contributed by atoms with Crippen molar-refractivity contribution in [2.75, 3.05) is 0 Å². The summed E-state index contributed by atoms with van der Waals surface area (Å²) in [6.07, 6.45) is 0. The largest absolute Gasteiger partial charge is 0.333 e. The molecule has 27 heavy (non-hydrogen) atoms. The lowest BCUT2D eigenvalue weighted by Crippen LogP contribution is -2.37. The number of H-pyrrole nitrogens is 1. The van der Waals surface area contributed by atoms with Crippen LogP contribution in [-0.2, 0) is 6.54 Å². The SMILES string of the molecule is Cc1ccsc1-c1nc(-c2ccc3c(c2)[nH]c(=O)c(=O)n3CC(C)C)no1. The van der Waals surface area contributed by atoms with Crippen molar-refractivity contribution in [3.8, 4) is 22.2 Å². The molecule has 0 amide bonds. The van der Waals surface area contributed by atoms with Crippen LogP contribution < -0.4 is 11.1 Å². The van der Waals surface area contributed by atoms with E-state index in [0.29, 0.717) is 34.9 Å². The number of hydrogen-bond acceptors (Lipinski definition) is 6. The summed E-state index contributed by atoms with van der Waals surface area (Å²) in [5, 5.41) is 6.04. The fraction of sp³-hybridized carbons (Fsp3) is 0.263. The highest BCUT2D eigenvalue weighted by Gasteiger charge is 2.15. The zero-order chi connectivity index (χ0) is 19.1. The summed E-state index contributed by atoms with van der Waals surface area (Å²) in [7, 11) is 0. The van der Waals surface area contributed by atoms with Crippen molar-refractivity contribution in [3.05, 3.63) is 55.9 Å². The normalized spacial score (nSPS) is 11.6. The van der Waals surface area contributed by atoms with E-state index in [1.165, 1.54) is 4.57 Å². The number of aromatic nitrogens is 4. The zero-order valence-corrected chi connectivity index (χ0v) is 16.0. The maximum absolute atomic E-state index is 12.2. The van der Waals surface area contributed by atoms with Gasteiger partial charge in [-0.25, -0.2) is 0 Å². The van der Waals surface area contributed by atoms with E-state index in [0.717, 1.165) is 10.4 Å². The lowest BCUT2D eigenvalue weighted by Gasteiger charge is -2.12. The average Bonchev–Trinajstić information content (AvgIpc) is 3.27. The van der Waals surface area contributed by atoms with E-state index >= 15 is 0 Å². The first-order valence-corrected chi connectivity index (χ1v) is 9.47. The smallest absolute Gasteiger partial charge is 0.316 e. The zero-order valence-electron chi connectivity index (χ0n) is 15.1. The van der Waals surface area contributed by atoms with Gasteiger partial charge in [0, 0.05) is 12.1 Å². The van der Waals surface area contributed by atoms with Crippen molar-refractivity contribution in [2.24, 2.45) is 5.92 Å². The molecule has 0 saturated carbocycles. The molecule has 0 aliphatic carbocycles. The van der Waals surface area contributed by atoms with Gasteiger partial charge in [-0.15, -0.1) is 11.3 Å². The van der Waals surface area contributed by atoms with Gasteiger partial charge in [-0.1, -0.05) is 19.0 Å². The molecule has 0 aliphatic rings. The van der Waals surface area contributed by atoms with Crippen LogP contribution in [0.3, 0.4) is 0 Å². The summed E-state index contributed by atoms with van der Waals surface area (Å²) >= 11 is 1.54. The number of fused-ring (bicyclic) bond motifs is 1. The summed E-state index contributed by atoms with van der Waals surface area (Å²) in [6, 6.07) is 7.39. The number of aryl methyl sites for hydroxylation is 1. The molecule has 3 heterocycles. The third kappa shape index (κ3) is 3.12. The molecule has 0 saturated heterocycles. The van der Waals surface area contributed by atoms with Crippen LogP contribution in [0.1, 0.15) is 19.4 Å². The fourth-order valence-corrected chi connectivity index (χ4v) is 3.84. The first-order chi connectivity index (χ1) is 12.9. The van der Waals surface area contributed by atoms with Gasteiger partial charge in [0.25, 0.3) is 5.89 Å². The van der Waals surface area contributed by atoms with Gasteiger partial charge < -0.3 is 14.1 Å². The van der Waals surface area contributed by atoms with E-state index in [4.69, 9.17) is 4.52 Å². The molecule has 0 aliphatic heterocycles. The van der Waals surface area contributed by atoms with Crippen LogP contribution in [0, 0.1) is 12.8 Å². The van der Waals surface area contributed by atoms with E-state index in [9.17, 15) is 9.59 Å². The van der Waals surface area contributed by atoms with Gasteiger partial charge in [-0.05, 0) is 48.1 Å². The highest BCUT2D eigenvalue weighted by molar-refractivity contribution is 7.13. The van der Waals surface area contributed by atoms with Crippen LogP contribution in [-0.4, -0.2) is 19.7 Å². The molecule has 8 heteroatoms. The van der Waals surface area contributed by atoms with Crippen molar-refractivity contribution in [1.82, 2.24) is 19.7 Å². The molecule has 0 atom stereocenters. The average molecular weight is 382 g/mol. The quantitative estimate of drug-likeness (QED) is 0.546. The standard InChI is InChI=1S/C19H18N4O3S/c1-10(2)9-23-14-5-4-12(8-13(14)20-17(24)19(23)25)16-21-18(26-22-16)15-11(3)6-7-27-15/h4-8,10H,9H2,1-3H3,(H,20,24). The number of aromatic amines is 1. The number of nitrogens with zero attached hydrogens (tertiary/aromatic N) is 3. The van der Waals surface area contributed by atoms with E-state index in [1.807, 2.05) is 38.3 Å². The molecule has 3 aromatic heterocycles. The molecule has 7 nitrogen and oxygen atoms in total. The van der Waals surface area contributed by atoms with Gasteiger partial charge in [0.1, 0.15) is 0 Å². The Labute approximate surface area is 158 Å². The fourth-order valence-electron chi connectivity index (χ4n) is 2.99. The molecule has 0 bridgehead atoms. The molecule has 0 spiro atoms. The van der Waals surface area contributed by atoms with Gasteiger partial charge in [-0.2, -0.15) is 4.98 Å². The van der Waals surface area contributed by atoms with Gasteiger partial charge in [0.05, 0.1) is 15.9 Å². The van der Waals surface area contributed by atoms with Gasteiger partial charge >= 0.3 is 11.1 Å². The maximum atomic E-state index is 12.2. The molecule has 4 rings (SSSR count). The lowest BCUT2D eigenvalue weighted by atomic mass is 10.1. The van der Waals surface area contributed by atoms with Crippen LogP contribution in [0.2, 0.25) is 0 Å². The lowest BCUT2D eigenvalue weighted by molar-refractivity contribution is 0.433. The number of hydrogen-bond donors (Lipinski definition) is 1. The van der Waals surface area contributed by atoms with Crippen molar-refractivity contribution in [2.45, 2.75) is 27.3 Å². The molecular formula is C19H18N4O3S. The molecule has 4 aromatic rings. The molecular weight excluding hydrogens is 364 g/mol. The number of nitrogens with one attached hydrogen (secondary N) is 1. The molecule has 0 radical (unpaired) electrons. The van der Waals surface area contributed by atoms with Crippen LogP contribution in [0.25, 0.3) is 33.2 Å². The molecule has 1 N–H and O–H groups in total. The Kier molecular flexibility index (Phi) is 4.27. The minimum atomic E-state index is -0.636. The Bertz CT molecular complexity index is 1250. The number of benzene rings is 1. The third-order valence-electron chi connectivity index (χ3n) is 4.26. The van der Waals surface area contributed by atoms with E-state index in [-0.39, 0.29) is 5.92 Å². The summed E-state index contributed by atoms with van der Waals surface area (Å²) < 4.78 is 6.91. The Balaban J connectivity index is 1.82. The number of thiophene rings is 1. The predicted octanol–water partition coefficient (Wildman–Crippen LogP) is 3.43. The van der Waals surface area contributed by atoms with Gasteiger partial charge in [0.2, 0.25) is 5.82 Å². The van der Waals surface area contributed by atoms with E-state index in [1.54, 1.807) is 23.5 Å². The first-order valence-electron chi connectivity index (χ1n) is 8.59.